The molecule has 0 heterocycles. The Bertz CT molecular complexity index is 408. The first-order chi connectivity index (χ1) is 8.58. The lowest BCUT2D eigenvalue weighted by molar-refractivity contribution is -0.144. The van der Waals surface area contributed by atoms with Crippen LogP contribution in [0, 0.1) is 11.8 Å². The zero-order valence-electron chi connectivity index (χ0n) is 9.93. The molecule has 0 radical (unpaired) electrons. The van der Waals surface area contributed by atoms with Crippen LogP contribution in [0.4, 0.5) is 0 Å². The number of halogens is 2. The summed E-state index contributed by atoms with van der Waals surface area (Å²) in [6, 6.07) is 10.1. The van der Waals surface area contributed by atoms with Gasteiger partial charge in [0.1, 0.15) is 0 Å². The molecular weight excluding hydrogens is 360 g/mol. The van der Waals surface area contributed by atoms with Crippen LogP contribution in [-0.2, 0) is 11.2 Å². The quantitative estimate of drug-likeness (QED) is 0.814. The lowest BCUT2D eigenvalue weighted by Gasteiger charge is -2.35. The first-order valence-electron chi connectivity index (χ1n) is 6.12. The molecule has 0 bridgehead atoms. The van der Waals surface area contributed by atoms with E-state index in [0.717, 1.165) is 12.8 Å². The van der Waals surface area contributed by atoms with Gasteiger partial charge in [0.2, 0.25) is 0 Å². The predicted octanol–water partition coefficient (Wildman–Crippen LogP) is 3.87. The smallest absolute Gasteiger partial charge is 0.306 e. The Kier molecular flexibility index (Phi) is 4.84. The topological polar surface area (TPSA) is 37.3 Å². The van der Waals surface area contributed by atoms with Gasteiger partial charge in [0, 0.05) is 9.65 Å². The van der Waals surface area contributed by atoms with Gasteiger partial charge in [0.15, 0.2) is 0 Å². The third-order valence-electron chi connectivity index (χ3n) is 3.63. The van der Waals surface area contributed by atoms with Crippen LogP contribution in [0.15, 0.2) is 30.3 Å². The first kappa shape index (κ1) is 14.1. The van der Waals surface area contributed by atoms with Crippen molar-refractivity contribution >= 4 is 37.8 Å². The maximum Gasteiger partial charge on any atom is 0.306 e. The van der Waals surface area contributed by atoms with Gasteiger partial charge >= 0.3 is 5.97 Å². The number of carboxylic acid groups (broad SMARTS) is 1. The van der Waals surface area contributed by atoms with Crippen LogP contribution < -0.4 is 0 Å². The summed E-state index contributed by atoms with van der Waals surface area (Å²) in [6.45, 7) is 0. The molecule has 1 aliphatic rings. The Hall–Kier alpha value is -0.350. The maximum absolute atomic E-state index is 11.4. The number of carboxylic acids is 1. The van der Waals surface area contributed by atoms with Crippen molar-refractivity contribution in [3.05, 3.63) is 35.9 Å². The van der Waals surface area contributed by atoms with E-state index in [4.69, 9.17) is 0 Å². The van der Waals surface area contributed by atoms with E-state index in [2.05, 4.69) is 44.0 Å². The zero-order chi connectivity index (χ0) is 13.1. The van der Waals surface area contributed by atoms with E-state index in [9.17, 15) is 9.90 Å². The Balaban J connectivity index is 2.11. The highest BCUT2D eigenvalue weighted by Gasteiger charge is 2.38. The number of rotatable bonds is 3. The highest BCUT2D eigenvalue weighted by molar-refractivity contribution is 9.12. The second-order valence-corrected chi connectivity index (χ2v) is 7.25. The van der Waals surface area contributed by atoms with Crippen molar-refractivity contribution < 1.29 is 9.90 Å². The predicted molar refractivity (Wildman–Crippen MR) is 79.4 cm³/mol. The molecule has 0 unspecified atom stereocenters. The number of aliphatic carboxylic acids is 1. The maximum atomic E-state index is 11.4. The molecule has 2 nitrogen and oxygen atoms in total. The Morgan fingerprint density at radius 1 is 1.17 bits per heavy atom. The van der Waals surface area contributed by atoms with Crippen LogP contribution in [0.1, 0.15) is 18.4 Å². The molecule has 1 aromatic rings. The molecule has 4 heteroatoms. The number of benzene rings is 1. The third kappa shape index (κ3) is 3.35. The second-order valence-electron chi connectivity index (χ2n) is 4.90. The molecule has 1 aromatic carbocycles. The number of carbonyl (C=O) groups is 1. The van der Waals surface area contributed by atoms with Crippen LogP contribution in [-0.4, -0.2) is 20.7 Å². The number of alkyl halides is 2. The van der Waals surface area contributed by atoms with Crippen molar-refractivity contribution in [1.29, 1.82) is 0 Å². The largest absolute Gasteiger partial charge is 0.481 e. The summed E-state index contributed by atoms with van der Waals surface area (Å²) >= 11 is 7.21. The molecule has 0 aromatic heterocycles. The van der Waals surface area contributed by atoms with Crippen LogP contribution in [0.5, 0.6) is 0 Å². The van der Waals surface area contributed by atoms with E-state index >= 15 is 0 Å². The second kappa shape index (κ2) is 6.20. The van der Waals surface area contributed by atoms with Crippen molar-refractivity contribution in [3.8, 4) is 0 Å². The van der Waals surface area contributed by atoms with E-state index < -0.39 is 5.97 Å². The number of hydrogen-bond donors (Lipinski definition) is 1. The summed E-state index contributed by atoms with van der Waals surface area (Å²) in [6.07, 6.45) is 2.45. The van der Waals surface area contributed by atoms with Gasteiger partial charge < -0.3 is 5.11 Å². The highest BCUT2D eigenvalue weighted by atomic mass is 79.9. The van der Waals surface area contributed by atoms with Crippen molar-refractivity contribution in [2.45, 2.75) is 28.9 Å². The van der Waals surface area contributed by atoms with E-state index in [1.165, 1.54) is 5.56 Å². The lowest BCUT2D eigenvalue weighted by atomic mass is 9.76. The van der Waals surface area contributed by atoms with Crippen molar-refractivity contribution in [2.24, 2.45) is 11.8 Å². The molecule has 1 fully saturated rings. The van der Waals surface area contributed by atoms with E-state index in [1.807, 2.05) is 18.2 Å². The van der Waals surface area contributed by atoms with Crippen molar-refractivity contribution in [3.63, 3.8) is 0 Å². The standard InChI is InChI=1S/C14H16Br2O2/c15-12-7-10(6-9-4-2-1-3-5-9)11(14(17)18)8-13(12)16/h1-5,10-13H,6-8H2,(H,17,18)/t10-,11+,12+,13-/m1/s1. The highest BCUT2D eigenvalue weighted by Crippen LogP contribution is 2.39. The van der Waals surface area contributed by atoms with Gasteiger partial charge in [-0.15, -0.1) is 0 Å². The fourth-order valence-electron chi connectivity index (χ4n) is 2.63. The Labute approximate surface area is 124 Å². The minimum absolute atomic E-state index is 0.211. The van der Waals surface area contributed by atoms with Crippen LogP contribution >= 0.6 is 31.9 Å². The molecule has 0 aliphatic heterocycles. The van der Waals surface area contributed by atoms with Gasteiger partial charge in [-0.25, -0.2) is 0 Å². The molecule has 2 rings (SSSR count). The molecular formula is C14H16Br2O2. The summed E-state index contributed by atoms with van der Waals surface area (Å²) < 4.78 is 0. The molecule has 18 heavy (non-hydrogen) atoms. The van der Waals surface area contributed by atoms with E-state index in [-0.39, 0.29) is 16.7 Å². The summed E-state index contributed by atoms with van der Waals surface area (Å²) in [4.78, 5) is 12.0. The average Bonchev–Trinajstić information content (AvgIpc) is 2.34. The average molecular weight is 376 g/mol. The first-order valence-corrected chi connectivity index (χ1v) is 7.96. The van der Waals surface area contributed by atoms with Gasteiger partial charge in [-0.1, -0.05) is 62.2 Å². The van der Waals surface area contributed by atoms with Gasteiger partial charge in [-0.3, -0.25) is 4.79 Å². The van der Waals surface area contributed by atoms with E-state index in [0.29, 0.717) is 11.2 Å². The normalized spacial score (nSPS) is 32.1. The molecule has 98 valence electrons. The Morgan fingerprint density at radius 2 is 1.78 bits per heavy atom. The third-order valence-corrected chi connectivity index (χ3v) is 6.36. The minimum atomic E-state index is -0.667. The zero-order valence-corrected chi connectivity index (χ0v) is 13.1. The van der Waals surface area contributed by atoms with E-state index in [1.54, 1.807) is 0 Å². The fraction of sp³-hybridized carbons (Fsp3) is 0.500. The summed E-state index contributed by atoms with van der Waals surface area (Å²) in [5.74, 6) is -0.703. The molecule has 1 aliphatic carbocycles. The van der Waals surface area contributed by atoms with Gasteiger partial charge in [0.05, 0.1) is 5.92 Å². The minimum Gasteiger partial charge on any atom is -0.481 e. The van der Waals surface area contributed by atoms with Crippen molar-refractivity contribution in [1.82, 2.24) is 0 Å². The molecule has 0 spiro atoms. The number of hydrogen-bond acceptors (Lipinski definition) is 1. The van der Waals surface area contributed by atoms with Crippen molar-refractivity contribution in [2.75, 3.05) is 0 Å². The molecule has 4 atom stereocenters. The van der Waals surface area contributed by atoms with Gasteiger partial charge in [-0.2, -0.15) is 0 Å². The summed E-state index contributed by atoms with van der Waals surface area (Å²) in [5, 5.41) is 9.35. The fourth-order valence-corrected chi connectivity index (χ4v) is 3.94. The molecule has 1 N–H and O–H groups in total. The monoisotopic (exact) mass is 374 g/mol. The van der Waals surface area contributed by atoms with Gasteiger partial charge in [0.25, 0.3) is 0 Å². The SMILES string of the molecule is O=C(O)[C@H]1C[C@@H](Br)[C@@H](Br)C[C@H]1Cc1ccccc1. The van der Waals surface area contributed by atoms with Gasteiger partial charge in [-0.05, 0) is 30.7 Å². The lowest BCUT2D eigenvalue weighted by Crippen LogP contribution is -2.37. The Morgan fingerprint density at radius 3 is 2.39 bits per heavy atom. The van der Waals surface area contributed by atoms with Crippen LogP contribution in [0.3, 0.4) is 0 Å². The van der Waals surface area contributed by atoms with Crippen LogP contribution in [0.25, 0.3) is 0 Å². The summed E-state index contributed by atoms with van der Waals surface area (Å²) in [5.41, 5.74) is 1.22. The molecule has 0 saturated heterocycles. The molecule has 1 saturated carbocycles. The van der Waals surface area contributed by atoms with Crippen LogP contribution in [0.2, 0.25) is 0 Å². The molecule has 0 amide bonds. The summed E-state index contributed by atoms with van der Waals surface area (Å²) in [7, 11) is 0.